The third kappa shape index (κ3) is 1.91. The Labute approximate surface area is 104 Å². The fraction of sp³-hybridized carbons (Fsp3) is 1.00. The van der Waals surface area contributed by atoms with Crippen LogP contribution in [-0.4, -0.2) is 40.0 Å². The maximum Gasteiger partial charge on any atom is 0.164 e. The molecule has 0 saturated carbocycles. The van der Waals surface area contributed by atoms with Crippen LogP contribution in [0.5, 0.6) is 0 Å². The highest BCUT2D eigenvalue weighted by Crippen LogP contribution is 2.53. The van der Waals surface area contributed by atoms with Crippen LogP contribution in [0.2, 0.25) is 0 Å². The summed E-state index contributed by atoms with van der Waals surface area (Å²) < 4.78 is 21.9. The van der Waals surface area contributed by atoms with Gasteiger partial charge in [-0.3, -0.25) is 0 Å². The molecule has 2 rings (SSSR count). The maximum absolute atomic E-state index is 5.51. The molecule has 17 heavy (non-hydrogen) atoms. The molecule has 100 valence electrons. The van der Waals surface area contributed by atoms with Crippen molar-refractivity contribution in [3.63, 3.8) is 0 Å². The Hall–Kier alpha value is -0.160. The molecule has 0 aromatic heterocycles. The third-order valence-electron chi connectivity index (χ3n) is 4.58. The zero-order chi connectivity index (χ0) is 12.5. The first-order valence-corrected chi connectivity index (χ1v) is 6.45. The van der Waals surface area contributed by atoms with E-state index in [2.05, 4.69) is 13.8 Å². The molecule has 0 amide bonds. The van der Waals surface area contributed by atoms with Gasteiger partial charge >= 0.3 is 0 Å². The van der Waals surface area contributed by atoms with Crippen LogP contribution in [0.1, 0.15) is 33.1 Å². The minimum atomic E-state index is -0.0611. The van der Waals surface area contributed by atoms with Crippen molar-refractivity contribution < 1.29 is 18.9 Å². The molecule has 2 fully saturated rings. The molecule has 0 radical (unpaired) electrons. The van der Waals surface area contributed by atoms with E-state index < -0.39 is 0 Å². The molecule has 0 aromatic carbocycles. The van der Waals surface area contributed by atoms with Gasteiger partial charge in [-0.2, -0.15) is 0 Å². The van der Waals surface area contributed by atoms with Crippen molar-refractivity contribution >= 4 is 0 Å². The van der Waals surface area contributed by atoms with E-state index in [-0.39, 0.29) is 23.4 Å². The summed E-state index contributed by atoms with van der Waals surface area (Å²) in [5.74, 6) is 0. The number of hydrogen-bond acceptors (Lipinski definition) is 4. The Morgan fingerprint density at radius 1 is 0.941 bits per heavy atom. The lowest BCUT2D eigenvalue weighted by Crippen LogP contribution is -2.61. The van der Waals surface area contributed by atoms with Gasteiger partial charge in [0.25, 0.3) is 0 Å². The van der Waals surface area contributed by atoms with Crippen LogP contribution >= 0.6 is 0 Å². The largest absolute Gasteiger partial charge is 0.355 e. The Morgan fingerprint density at radius 2 is 1.35 bits per heavy atom. The second-order valence-electron chi connectivity index (χ2n) is 5.37. The van der Waals surface area contributed by atoms with E-state index >= 15 is 0 Å². The molecule has 0 aromatic rings. The van der Waals surface area contributed by atoms with Crippen molar-refractivity contribution in [1.82, 2.24) is 0 Å². The van der Waals surface area contributed by atoms with Crippen molar-refractivity contribution in [3.05, 3.63) is 0 Å². The van der Waals surface area contributed by atoms with Crippen molar-refractivity contribution in [1.29, 1.82) is 0 Å². The molecule has 0 aliphatic carbocycles. The van der Waals surface area contributed by atoms with Gasteiger partial charge in [-0.25, -0.2) is 0 Å². The van der Waals surface area contributed by atoms with E-state index in [1.165, 1.54) is 0 Å². The Kier molecular flexibility index (Phi) is 3.78. The van der Waals surface area contributed by atoms with E-state index in [0.29, 0.717) is 0 Å². The smallest absolute Gasteiger partial charge is 0.164 e. The van der Waals surface area contributed by atoms with Gasteiger partial charge in [-0.1, -0.05) is 13.8 Å². The molecule has 0 bridgehead atoms. The van der Waals surface area contributed by atoms with Crippen LogP contribution in [0.25, 0.3) is 0 Å². The lowest BCUT2D eigenvalue weighted by atomic mass is 9.64. The Balaban J connectivity index is 2.07. The van der Waals surface area contributed by atoms with Gasteiger partial charge in [0.2, 0.25) is 0 Å². The first-order chi connectivity index (χ1) is 8.16. The summed E-state index contributed by atoms with van der Waals surface area (Å²) in [4.78, 5) is 0. The normalized spacial score (nSPS) is 45.2. The molecule has 2 aliphatic heterocycles. The fourth-order valence-corrected chi connectivity index (χ4v) is 3.17. The zero-order valence-electron chi connectivity index (χ0n) is 11.3. The highest BCUT2D eigenvalue weighted by molar-refractivity contribution is 5.00. The van der Waals surface area contributed by atoms with Gasteiger partial charge in [-0.05, 0) is 19.3 Å². The molecule has 2 aliphatic rings. The van der Waals surface area contributed by atoms with E-state index in [1.807, 2.05) is 0 Å². The average molecular weight is 244 g/mol. The minimum absolute atomic E-state index is 0.0611. The Bertz CT molecular complexity index is 232. The summed E-state index contributed by atoms with van der Waals surface area (Å²) in [5, 5.41) is 0. The molecule has 0 N–H and O–H groups in total. The van der Waals surface area contributed by atoms with Crippen LogP contribution in [0.4, 0.5) is 0 Å². The number of rotatable bonds is 6. The first-order valence-electron chi connectivity index (χ1n) is 6.45. The lowest BCUT2D eigenvalue weighted by molar-refractivity contribution is -0.354. The maximum atomic E-state index is 5.51. The van der Waals surface area contributed by atoms with Crippen LogP contribution in [0.3, 0.4) is 0 Å². The zero-order valence-corrected chi connectivity index (χ0v) is 11.3. The predicted molar refractivity (Wildman–Crippen MR) is 63.6 cm³/mol. The first kappa shape index (κ1) is 13.3. The fourth-order valence-electron chi connectivity index (χ4n) is 3.17. The molecular weight excluding hydrogens is 220 g/mol. The second kappa shape index (κ2) is 4.84. The van der Waals surface area contributed by atoms with Crippen LogP contribution < -0.4 is 0 Å². The van der Waals surface area contributed by atoms with Crippen LogP contribution in [0, 0.1) is 10.8 Å². The van der Waals surface area contributed by atoms with Crippen molar-refractivity contribution in [3.8, 4) is 0 Å². The van der Waals surface area contributed by atoms with Crippen molar-refractivity contribution in [2.24, 2.45) is 10.8 Å². The number of methoxy groups -OCH3 is 2. The molecule has 2 heterocycles. The topological polar surface area (TPSA) is 36.9 Å². The van der Waals surface area contributed by atoms with E-state index in [4.69, 9.17) is 18.9 Å². The third-order valence-corrected chi connectivity index (χ3v) is 4.58. The molecule has 4 atom stereocenters. The second-order valence-corrected chi connectivity index (χ2v) is 5.37. The van der Waals surface area contributed by atoms with Gasteiger partial charge in [0.1, 0.15) is 0 Å². The SMILES string of the molecule is CCC1(CC2(CC)COC2OC)COC1OC. The summed E-state index contributed by atoms with van der Waals surface area (Å²) >= 11 is 0. The summed E-state index contributed by atoms with van der Waals surface area (Å²) in [6.07, 6.45) is 3.08. The standard InChI is InChI=1S/C13H24O4/c1-5-12(8-16-10(12)14-3)7-13(6-2)9-17-11(13)15-4/h10-11H,5-9H2,1-4H3. The van der Waals surface area contributed by atoms with Gasteiger partial charge in [0, 0.05) is 25.0 Å². The van der Waals surface area contributed by atoms with Crippen molar-refractivity contribution in [2.75, 3.05) is 27.4 Å². The average Bonchev–Trinajstić information content (AvgIpc) is 2.29. The Morgan fingerprint density at radius 3 is 1.53 bits per heavy atom. The van der Waals surface area contributed by atoms with E-state index in [9.17, 15) is 0 Å². The number of hydrogen-bond donors (Lipinski definition) is 0. The lowest BCUT2D eigenvalue weighted by Gasteiger charge is -2.56. The van der Waals surface area contributed by atoms with Gasteiger partial charge in [0.15, 0.2) is 12.6 Å². The van der Waals surface area contributed by atoms with Crippen molar-refractivity contribution in [2.45, 2.75) is 45.7 Å². The summed E-state index contributed by atoms with van der Waals surface area (Å²) in [7, 11) is 3.44. The predicted octanol–water partition coefficient (Wildman–Crippen LogP) is 2.17. The van der Waals surface area contributed by atoms with Crippen LogP contribution in [-0.2, 0) is 18.9 Å². The summed E-state index contributed by atoms with van der Waals surface area (Å²) in [6.45, 7) is 6.00. The van der Waals surface area contributed by atoms with E-state index in [0.717, 1.165) is 32.5 Å². The highest BCUT2D eigenvalue weighted by atomic mass is 16.7. The van der Waals surface area contributed by atoms with Gasteiger partial charge in [0.05, 0.1) is 13.2 Å². The number of ether oxygens (including phenoxy) is 4. The minimum Gasteiger partial charge on any atom is -0.355 e. The van der Waals surface area contributed by atoms with Gasteiger partial charge in [-0.15, -0.1) is 0 Å². The summed E-state index contributed by atoms with van der Waals surface area (Å²) in [5.41, 5.74) is 0.288. The van der Waals surface area contributed by atoms with Gasteiger partial charge < -0.3 is 18.9 Å². The molecule has 4 unspecified atom stereocenters. The molecule has 4 heteroatoms. The summed E-state index contributed by atoms with van der Waals surface area (Å²) in [6, 6.07) is 0. The highest BCUT2D eigenvalue weighted by Gasteiger charge is 2.57. The molecular formula is C13H24O4. The quantitative estimate of drug-likeness (QED) is 0.717. The molecule has 4 nitrogen and oxygen atoms in total. The van der Waals surface area contributed by atoms with E-state index in [1.54, 1.807) is 14.2 Å². The molecule has 0 spiro atoms. The monoisotopic (exact) mass is 244 g/mol. The van der Waals surface area contributed by atoms with Crippen LogP contribution in [0.15, 0.2) is 0 Å². The molecule has 2 saturated heterocycles.